The topological polar surface area (TPSA) is 25.8 Å². The van der Waals surface area contributed by atoms with Gasteiger partial charge in [-0.3, -0.25) is 9.97 Å². The summed E-state index contributed by atoms with van der Waals surface area (Å²) in [6.07, 6.45) is 0. The first-order valence-electron chi connectivity index (χ1n) is 14.0. The summed E-state index contributed by atoms with van der Waals surface area (Å²) >= 11 is 0. The highest BCUT2D eigenvalue weighted by atomic mass is 14.8. The number of fused-ring (bicyclic) bond motifs is 6. The lowest BCUT2D eigenvalue weighted by atomic mass is 9.69. The molecule has 41 heavy (non-hydrogen) atoms. The van der Waals surface area contributed by atoms with Crippen LogP contribution in [0.15, 0.2) is 158 Å². The molecule has 0 atom stereocenters. The first-order valence-corrected chi connectivity index (χ1v) is 14.0. The second-order valence-corrected chi connectivity index (χ2v) is 10.6. The maximum atomic E-state index is 5.51. The van der Waals surface area contributed by atoms with E-state index in [-0.39, 0.29) is 0 Å². The number of hydrogen-bond acceptors (Lipinski definition) is 2. The standard InChI is InChI=1S/C39H26N2/c1-3-13-31(14-4-1)39(32-15-5-2-6-16-32,35-25-23-29-21-19-27-11-7-9-17-33(27)37(29)40-35)36-26-24-30-22-20-28-12-8-10-18-34(28)38(30)41-36/h1-26H. The summed E-state index contributed by atoms with van der Waals surface area (Å²) in [6, 6.07) is 55.9. The second kappa shape index (κ2) is 9.39. The molecule has 0 N–H and O–H groups in total. The van der Waals surface area contributed by atoms with Crippen molar-refractivity contribution in [1.29, 1.82) is 0 Å². The molecule has 0 saturated carbocycles. The van der Waals surface area contributed by atoms with E-state index in [4.69, 9.17) is 9.97 Å². The lowest BCUT2D eigenvalue weighted by Gasteiger charge is -2.35. The molecular weight excluding hydrogens is 496 g/mol. The van der Waals surface area contributed by atoms with E-state index in [0.29, 0.717) is 0 Å². The predicted octanol–water partition coefficient (Wildman–Crippen LogP) is 9.47. The third kappa shape index (κ3) is 3.65. The van der Waals surface area contributed by atoms with Crippen molar-refractivity contribution >= 4 is 43.4 Å². The van der Waals surface area contributed by atoms with Gasteiger partial charge in [0, 0.05) is 21.5 Å². The van der Waals surface area contributed by atoms with Gasteiger partial charge in [0.15, 0.2) is 0 Å². The third-order valence-electron chi connectivity index (χ3n) is 8.35. The molecule has 0 aliphatic rings. The normalized spacial score (nSPS) is 11.9. The zero-order valence-electron chi connectivity index (χ0n) is 22.4. The van der Waals surface area contributed by atoms with Gasteiger partial charge in [-0.15, -0.1) is 0 Å². The molecule has 0 aliphatic carbocycles. The molecule has 2 nitrogen and oxygen atoms in total. The Balaban J connectivity index is 1.53. The minimum atomic E-state index is -0.737. The van der Waals surface area contributed by atoms with E-state index >= 15 is 0 Å². The summed E-state index contributed by atoms with van der Waals surface area (Å²) in [5.41, 5.74) is 5.43. The van der Waals surface area contributed by atoms with Crippen molar-refractivity contribution in [2.24, 2.45) is 0 Å². The van der Waals surface area contributed by atoms with Crippen molar-refractivity contribution in [2.75, 3.05) is 0 Å². The molecule has 8 aromatic rings. The second-order valence-electron chi connectivity index (χ2n) is 10.6. The van der Waals surface area contributed by atoms with Crippen molar-refractivity contribution in [3.8, 4) is 0 Å². The van der Waals surface area contributed by atoms with Crippen LogP contribution in [0.25, 0.3) is 43.4 Å². The molecule has 0 aliphatic heterocycles. The van der Waals surface area contributed by atoms with E-state index in [2.05, 4.69) is 158 Å². The molecule has 0 spiro atoms. The van der Waals surface area contributed by atoms with Crippen LogP contribution < -0.4 is 0 Å². The Morgan fingerprint density at radius 3 is 1.15 bits per heavy atom. The van der Waals surface area contributed by atoms with Gasteiger partial charge in [0.1, 0.15) is 5.41 Å². The summed E-state index contributed by atoms with van der Waals surface area (Å²) < 4.78 is 0. The zero-order valence-corrected chi connectivity index (χ0v) is 22.4. The molecule has 0 amide bonds. The number of benzene rings is 6. The molecule has 0 radical (unpaired) electrons. The number of nitrogens with zero attached hydrogens (tertiary/aromatic N) is 2. The molecule has 0 saturated heterocycles. The van der Waals surface area contributed by atoms with Gasteiger partial charge in [-0.25, -0.2) is 0 Å². The Kier molecular flexibility index (Phi) is 5.39. The van der Waals surface area contributed by atoms with E-state index in [0.717, 1.165) is 55.1 Å². The fraction of sp³-hybridized carbons (Fsp3) is 0.0256. The average molecular weight is 523 g/mol. The van der Waals surface area contributed by atoms with Crippen LogP contribution in [0.2, 0.25) is 0 Å². The zero-order chi connectivity index (χ0) is 27.2. The van der Waals surface area contributed by atoms with E-state index in [9.17, 15) is 0 Å². The monoisotopic (exact) mass is 522 g/mol. The van der Waals surface area contributed by atoms with Crippen molar-refractivity contribution in [1.82, 2.24) is 9.97 Å². The van der Waals surface area contributed by atoms with Crippen LogP contribution in [0.3, 0.4) is 0 Å². The molecule has 0 bridgehead atoms. The maximum Gasteiger partial charge on any atom is 0.105 e. The van der Waals surface area contributed by atoms with E-state index in [1.807, 2.05) is 0 Å². The largest absolute Gasteiger partial charge is 0.250 e. The highest BCUT2D eigenvalue weighted by Gasteiger charge is 2.41. The summed E-state index contributed by atoms with van der Waals surface area (Å²) in [6.45, 7) is 0. The molecule has 2 heteroatoms. The molecule has 192 valence electrons. The number of hydrogen-bond donors (Lipinski definition) is 0. The van der Waals surface area contributed by atoms with Crippen LogP contribution in [-0.4, -0.2) is 9.97 Å². The van der Waals surface area contributed by atoms with Gasteiger partial charge >= 0.3 is 0 Å². The highest BCUT2D eigenvalue weighted by Crippen LogP contribution is 2.45. The quantitative estimate of drug-likeness (QED) is 0.215. The van der Waals surface area contributed by atoms with Gasteiger partial charge in [-0.05, 0) is 34.0 Å². The summed E-state index contributed by atoms with van der Waals surface area (Å²) in [7, 11) is 0. The Morgan fingerprint density at radius 1 is 0.317 bits per heavy atom. The smallest absolute Gasteiger partial charge is 0.105 e. The van der Waals surface area contributed by atoms with E-state index in [1.165, 1.54) is 10.8 Å². The number of aromatic nitrogens is 2. The third-order valence-corrected chi connectivity index (χ3v) is 8.35. The SMILES string of the molecule is c1ccc(C(c2ccccc2)(c2ccc3ccc4ccccc4c3n2)c2ccc3ccc4ccccc4c3n2)cc1. The molecule has 2 heterocycles. The summed E-state index contributed by atoms with van der Waals surface area (Å²) in [4.78, 5) is 11.0. The van der Waals surface area contributed by atoms with Crippen LogP contribution >= 0.6 is 0 Å². The van der Waals surface area contributed by atoms with Gasteiger partial charge in [0.25, 0.3) is 0 Å². The minimum Gasteiger partial charge on any atom is -0.250 e. The molecular formula is C39H26N2. The lowest BCUT2D eigenvalue weighted by Crippen LogP contribution is -2.33. The predicted molar refractivity (Wildman–Crippen MR) is 170 cm³/mol. The lowest BCUT2D eigenvalue weighted by molar-refractivity contribution is 0.695. The van der Waals surface area contributed by atoms with Crippen LogP contribution in [-0.2, 0) is 5.41 Å². The van der Waals surface area contributed by atoms with Gasteiger partial charge in [0.2, 0.25) is 0 Å². The first-order chi connectivity index (χ1) is 20.3. The average Bonchev–Trinajstić information content (AvgIpc) is 3.06. The van der Waals surface area contributed by atoms with Gasteiger partial charge < -0.3 is 0 Å². The van der Waals surface area contributed by atoms with Crippen molar-refractivity contribution in [3.63, 3.8) is 0 Å². The van der Waals surface area contributed by atoms with Crippen LogP contribution in [0.1, 0.15) is 22.5 Å². The Hall–Kier alpha value is -5.34. The van der Waals surface area contributed by atoms with Crippen LogP contribution in [0.5, 0.6) is 0 Å². The number of pyridine rings is 2. The highest BCUT2D eigenvalue weighted by molar-refractivity contribution is 6.06. The van der Waals surface area contributed by atoms with Gasteiger partial charge in [0.05, 0.1) is 22.4 Å². The molecule has 8 rings (SSSR count). The van der Waals surface area contributed by atoms with Crippen LogP contribution in [0.4, 0.5) is 0 Å². The first kappa shape index (κ1) is 23.5. The molecule has 6 aromatic carbocycles. The van der Waals surface area contributed by atoms with Crippen molar-refractivity contribution in [3.05, 3.63) is 180 Å². The van der Waals surface area contributed by atoms with Crippen molar-refractivity contribution in [2.45, 2.75) is 5.41 Å². The fourth-order valence-electron chi connectivity index (χ4n) is 6.40. The molecule has 2 aromatic heterocycles. The Bertz CT molecular complexity index is 2040. The summed E-state index contributed by atoms with van der Waals surface area (Å²) in [5, 5.41) is 6.92. The maximum absolute atomic E-state index is 5.51. The Labute approximate surface area is 238 Å². The Morgan fingerprint density at radius 2 is 0.683 bits per heavy atom. The van der Waals surface area contributed by atoms with Crippen molar-refractivity contribution < 1.29 is 0 Å². The minimum absolute atomic E-state index is 0.737. The molecule has 0 unspecified atom stereocenters. The molecule has 0 fully saturated rings. The fourth-order valence-corrected chi connectivity index (χ4v) is 6.40. The van der Waals surface area contributed by atoms with E-state index in [1.54, 1.807) is 0 Å². The van der Waals surface area contributed by atoms with Gasteiger partial charge in [-0.1, -0.05) is 146 Å². The van der Waals surface area contributed by atoms with Crippen LogP contribution in [0, 0.1) is 0 Å². The van der Waals surface area contributed by atoms with Gasteiger partial charge in [-0.2, -0.15) is 0 Å². The summed E-state index contributed by atoms with van der Waals surface area (Å²) in [5.74, 6) is 0. The number of rotatable bonds is 4. The van der Waals surface area contributed by atoms with E-state index < -0.39 is 5.41 Å².